The standard InChI is InChI=1S/C9H11NO2/c11-6-8-4-7-2-1-3-10-5-9(7)12-8/h4,6,10H,1-3,5H2. The molecule has 1 N–H and O–H groups in total. The SMILES string of the molecule is O=Cc1cc2c(o1)CNCCC2. The van der Waals surface area contributed by atoms with Crippen molar-refractivity contribution in [2.24, 2.45) is 0 Å². The van der Waals surface area contributed by atoms with Crippen molar-refractivity contribution in [3.63, 3.8) is 0 Å². The molecule has 1 aromatic rings. The second-order valence-corrected chi connectivity index (χ2v) is 3.00. The molecule has 1 aliphatic heterocycles. The number of carbonyl (C=O) groups excluding carboxylic acids is 1. The van der Waals surface area contributed by atoms with Crippen LogP contribution < -0.4 is 5.32 Å². The van der Waals surface area contributed by atoms with Gasteiger partial charge in [0.05, 0.1) is 6.54 Å². The fraction of sp³-hybridized carbons (Fsp3) is 0.444. The van der Waals surface area contributed by atoms with Gasteiger partial charge in [-0.2, -0.15) is 0 Å². The molecule has 0 bridgehead atoms. The minimum Gasteiger partial charge on any atom is -0.457 e. The molecule has 0 spiro atoms. The van der Waals surface area contributed by atoms with Gasteiger partial charge in [0, 0.05) is 0 Å². The van der Waals surface area contributed by atoms with E-state index in [9.17, 15) is 4.79 Å². The first-order chi connectivity index (χ1) is 5.90. The third-order valence-corrected chi connectivity index (χ3v) is 2.12. The second kappa shape index (κ2) is 3.11. The van der Waals surface area contributed by atoms with Crippen LogP contribution in [0.25, 0.3) is 0 Å². The molecule has 0 unspecified atom stereocenters. The van der Waals surface area contributed by atoms with Gasteiger partial charge in [0.25, 0.3) is 0 Å². The number of furan rings is 1. The van der Waals surface area contributed by atoms with Crippen molar-refractivity contribution >= 4 is 6.29 Å². The Bertz CT molecular complexity index is 267. The Morgan fingerprint density at radius 1 is 1.58 bits per heavy atom. The number of nitrogens with one attached hydrogen (secondary N) is 1. The second-order valence-electron chi connectivity index (χ2n) is 3.00. The smallest absolute Gasteiger partial charge is 0.185 e. The lowest BCUT2D eigenvalue weighted by molar-refractivity contribution is 0.109. The average molecular weight is 165 g/mol. The van der Waals surface area contributed by atoms with Crippen LogP contribution >= 0.6 is 0 Å². The Balaban J connectivity index is 2.32. The lowest BCUT2D eigenvalue weighted by Gasteiger charge is -1.94. The summed E-state index contributed by atoms with van der Waals surface area (Å²) < 4.78 is 5.30. The normalized spacial score (nSPS) is 16.7. The lowest BCUT2D eigenvalue weighted by Crippen LogP contribution is -2.11. The van der Waals surface area contributed by atoms with Gasteiger partial charge in [-0.3, -0.25) is 4.79 Å². The van der Waals surface area contributed by atoms with Crippen molar-refractivity contribution in [2.75, 3.05) is 6.54 Å². The fourth-order valence-corrected chi connectivity index (χ4v) is 1.51. The van der Waals surface area contributed by atoms with Crippen LogP contribution in [0.1, 0.15) is 28.3 Å². The van der Waals surface area contributed by atoms with E-state index in [1.54, 1.807) is 0 Å². The maximum atomic E-state index is 10.4. The minimum absolute atomic E-state index is 0.448. The monoisotopic (exact) mass is 165 g/mol. The van der Waals surface area contributed by atoms with E-state index in [4.69, 9.17) is 4.42 Å². The molecule has 0 atom stereocenters. The van der Waals surface area contributed by atoms with Crippen molar-refractivity contribution < 1.29 is 9.21 Å². The van der Waals surface area contributed by atoms with Crippen LogP contribution in [-0.4, -0.2) is 12.8 Å². The summed E-state index contributed by atoms with van der Waals surface area (Å²) >= 11 is 0. The summed E-state index contributed by atoms with van der Waals surface area (Å²) in [6.45, 7) is 1.78. The lowest BCUT2D eigenvalue weighted by atomic mass is 10.1. The average Bonchev–Trinajstić information content (AvgIpc) is 2.37. The van der Waals surface area contributed by atoms with E-state index in [2.05, 4.69) is 5.32 Å². The Morgan fingerprint density at radius 3 is 3.33 bits per heavy atom. The van der Waals surface area contributed by atoms with Crippen molar-refractivity contribution in [1.82, 2.24) is 5.32 Å². The molecule has 12 heavy (non-hydrogen) atoms. The number of carbonyl (C=O) groups is 1. The van der Waals surface area contributed by atoms with Crippen molar-refractivity contribution in [2.45, 2.75) is 19.4 Å². The van der Waals surface area contributed by atoms with Crippen LogP contribution in [0.15, 0.2) is 10.5 Å². The molecule has 0 amide bonds. The van der Waals surface area contributed by atoms with Gasteiger partial charge in [-0.15, -0.1) is 0 Å². The van der Waals surface area contributed by atoms with Gasteiger partial charge in [0.1, 0.15) is 5.76 Å². The summed E-state index contributed by atoms with van der Waals surface area (Å²) in [5.41, 5.74) is 1.18. The van der Waals surface area contributed by atoms with Crippen LogP contribution in [-0.2, 0) is 13.0 Å². The van der Waals surface area contributed by atoms with Crippen LogP contribution in [0.5, 0.6) is 0 Å². The Labute approximate surface area is 70.8 Å². The summed E-state index contributed by atoms with van der Waals surface area (Å²) in [4.78, 5) is 10.4. The molecule has 0 radical (unpaired) electrons. The maximum Gasteiger partial charge on any atom is 0.185 e. The van der Waals surface area contributed by atoms with Gasteiger partial charge in [-0.25, -0.2) is 0 Å². The first kappa shape index (κ1) is 7.55. The predicted molar refractivity (Wildman–Crippen MR) is 44.1 cm³/mol. The first-order valence-corrected chi connectivity index (χ1v) is 4.17. The Hall–Kier alpha value is -1.09. The van der Waals surface area contributed by atoms with Crippen LogP contribution in [0.3, 0.4) is 0 Å². The molecule has 0 aromatic carbocycles. The molecular weight excluding hydrogens is 154 g/mol. The molecule has 1 aromatic heterocycles. The molecule has 3 nitrogen and oxygen atoms in total. The van der Waals surface area contributed by atoms with E-state index in [0.717, 1.165) is 38.0 Å². The highest BCUT2D eigenvalue weighted by Gasteiger charge is 2.12. The maximum absolute atomic E-state index is 10.4. The van der Waals surface area contributed by atoms with Gasteiger partial charge < -0.3 is 9.73 Å². The molecular formula is C9H11NO2. The van der Waals surface area contributed by atoms with Crippen LogP contribution in [0, 0.1) is 0 Å². The van der Waals surface area contributed by atoms with Crippen molar-refractivity contribution in [3.8, 4) is 0 Å². The largest absolute Gasteiger partial charge is 0.457 e. The van der Waals surface area contributed by atoms with E-state index >= 15 is 0 Å². The number of hydrogen-bond donors (Lipinski definition) is 1. The molecule has 0 saturated carbocycles. The highest BCUT2D eigenvalue weighted by atomic mass is 16.3. The topological polar surface area (TPSA) is 42.2 Å². The highest BCUT2D eigenvalue weighted by molar-refractivity contribution is 5.71. The molecule has 64 valence electrons. The Morgan fingerprint density at radius 2 is 2.50 bits per heavy atom. The Kier molecular flexibility index (Phi) is 1.96. The van der Waals surface area contributed by atoms with Crippen LogP contribution in [0.4, 0.5) is 0 Å². The zero-order chi connectivity index (χ0) is 8.39. The molecule has 2 heterocycles. The van der Waals surface area contributed by atoms with Crippen molar-refractivity contribution in [3.05, 3.63) is 23.2 Å². The summed E-state index contributed by atoms with van der Waals surface area (Å²) in [7, 11) is 0. The van der Waals surface area contributed by atoms with Gasteiger partial charge in [-0.05, 0) is 31.0 Å². The summed E-state index contributed by atoms with van der Waals surface area (Å²) in [5.74, 6) is 1.37. The van der Waals surface area contributed by atoms with E-state index in [0.29, 0.717) is 5.76 Å². The predicted octanol–water partition coefficient (Wildman–Crippen LogP) is 1.13. The molecule has 0 fully saturated rings. The zero-order valence-electron chi connectivity index (χ0n) is 6.80. The number of hydrogen-bond acceptors (Lipinski definition) is 3. The summed E-state index contributed by atoms with van der Waals surface area (Å²) in [6, 6.07) is 1.84. The number of fused-ring (bicyclic) bond motifs is 1. The van der Waals surface area contributed by atoms with Gasteiger partial charge in [0.2, 0.25) is 0 Å². The summed E-state index contributed by atoms with van der Waals surface area (Å²) in [6.07, 6.45) is 2.89. The van der Waals surface area contributed by atoms with Crippen LogP contribution in [0.2, 0.25) is 0 Å². The molecule has 3 heteroatoms. The third-order valence-electron chi connectivity index (χ3n) is 2.12. The molecule has 2 rings (SSSR count). The van der Waals surface area contributed by atoms with E-state index in [-0.39, 0.29) is 0 Å². The van der Waals surface area contributed by atoms with Gasteiger partial charge in [-0.1, -0.05) is 0 Å². The third kappa shape index (κ3) is 1.28. The first-order valence-electron chi connectivity index (χ1n) is 4.17. The van der Waals surface area contributed by atoms with E-state index in [1.165, 1.54) is 5.56 Å². The molecule has 0 saturated heterocycles. The van der Waals surface area contributed by atoms with E-state index < -0.39 is 0 Å². The fourth-order valence-electron chi connectivity index (χ4n) is 1.51. The van der Waals surface area contributed by atoms with Gasteiger partial charge >= 0.3 is 0 Å². The molecule has 1 aliphatic rings. The zero-order valence-corrected chi connectivity index (χ0v) is 6.80. The number of aldehydes is 1. The minimum atomic E-state index is 0.448. The highest BCUT2D eigenvalue weighted by Crippen LogP contribution is 2.17. The quantitative estimate of drug-likeness (QED) is 0.634. The summed E-state index contributed by atoms with van der Waals surface area (Å²) in [5, 5.41) is 3.23. The number of rotatable bonds is 1. The van der Waals surface area contributed by atoms with Gasteiger partial charge in [0.15, 0.2) is 12.0 Å². The van der Waals surface area contributed by atoms with Crippen molar-refractivity contribution in [1.29, 1.82) is 0 Å². The number of aryl methyl sites for hydroxylation is 1. The van der Waals surface area contributed by atoms with E-state index in [1.807, 2.05) is 6.07 Å². The molecule has 0 aliphatic carbocycles.